The van der Waals surface area contributed by atoms with E-state index in [1.54, 1.807) is 0 Å². The predicted molar refractivity (Wildman–Crippen MR) is 100 cm³/mol. The Labute approximate surface area is 161 Å². The van der Waals surface area contributed by atoms with Crippen LogP contribution in [-0.2, 0) is 27.5 Å². The molecule has 0 saturated carbocycles. The zero-order valence-corrected chi connectivity index (χ0v) is 18.9. The molecule has 2 heterocycles. The van der Waals surface area contributed by atoms with Crippen molar-refractivity contribution in [1.82, 2.24) is 5.32 Å². The molecule has 2 aliphatic heterocycles. The summed E-state index contributed by atoms with van der Waals surface area (Å²) in [5.41, 5.74) is 0. The Bertz CT molecular complexity index is 597. The molecule has 0 aromatic carbocycles. The van der Waals surface area contributed by atoms with Crippen molar-refractivity contribution in [2.24, 2.45) is 0 Å². The summed E-state index contributed by atoms with van der Waals surface area (Å²) in [4.78, 5) is 29.9. The molecular formula is C16H32NO8PSi. The van der Waals surface area contributed by atoms with Gasteiger partial charge in [-0.2, -0.15) is 0 Å². The van der Waals surface area contributed by atoms with Crippen molar-refractivity contribution in [2.45, 2.75) is 89.5 Å². The highest BCUT2D eigenvalue weighted by atomic mass is 31.2. The standard InChI is InChI=1S/C16H32NO8PSi/c1-10(18)17-11-8-12-13(23-14(11)24-26(19,20)21)9-22-27(25-12,15(2,3)4)16(5,6)7/h11-14H,8-9H2,1-7H3,(H,17,18)(H2,19,20,21). The van der Waals surface area contributed by atoms with Crippen molar-refractivity contribution >= 4 is 22.3 Å². The van der Waals surface area contributed by atoms with E-state index in [1.165, 1.54) is 6.92 Å². The highest BCUT2D eigenvalue weighted by Crippen LogP contribution is 2.55. The quantitative estimate of drug-likeness (QED) is 0.464. The van der Waals surface area contributed by atoms with Crippen LogP contribution in [0.1, 0.15) is 54.9 Å². The van der Waals surface area contributed by atoms with Crippen molar-refractivity contribution in [3.63, 3.8) is 0 Å². The third-order valence-corrected chi connectivity index (χ3v) is 10.6. The van der Waals surface area contributed by atoms with Crippen LogP contribution in [0.5, 0.6) is 0 Å². The van der Waals surface area contributed by atoms with Crippen LogP contribution in [-0.4, -0.2) is 55.4 Å². The molecule has 2 rings (SSSR count). The number of rotatable bonds is 3. The molecule has 2 saturated heterocycles. The average Bonchev–Trinajstić information content (AvgIpc) is 2.42. The first-order chi connectivity index (χ1) is 12.1. The number of carbonyl (C=O) groups is 1. The Morgan fingerprint density at radius 3 is 2.15 bits per heavy atom. The van der Waals surface area contributed by atoms with Gasteiger partial charge in [0.2, 0.25) is 5.91 Å². The zero-order valence-electron chi connectivity index (χ0n) is 17.0. The lowest BCUT2D eigenvalue weighted by atomic mass is 10.0. The predicted octanol–water partition coefficient (Wildman–Crippen LogP) is 2.17. The maximum Gasteiger partial charge on any atom is 0.472 e. The van der Waals surface area contributed by atoms with Gasteiger partial charge in [-0.15, -0.1) is 0 Å². The number of phosphoric ester groups is 1. The first kappa shape index (κ1) is 23.0. The van der Waals surface area contributed by atoms with Crippen LogP contribution >= 0.6 is 7.82 Å². The molecule has 3 N–H and O–H groups in total. The summed E-state index contributed by atoms with van der Waals surface area (Å²) in [5.74, 6) is -0.344. The van der Waals surface area contributed by atoms with Gasteiger partial charge >= 0.3 is 16.4 Å². The van der Waals surface area contributed by atoms with Gasteiger partial charge in [-0.25, -0.2) is 4.57 Å². The van der Waals surface area contributed by atoms with Gasteiger partial charge in [-0.05, 0) is 0 Å². The van der Waals surface area contributed by atoms with E-state index in [-0.39, 0.29) is 28.7 Å². The van der Waals surface area contributed by atoms with E-state index in [2.05, 4.69) is 46.9 Å². The molecule has 1 amide bonds. The van der Waals surface area contributed by atoms with Crippen molar-refractivity contribution in [3.05, 3.63) is 0 Å². The van der Waals surface area contributed by atoms with Crippen molar-refractivity contribution < 1.29 is 37.3 Å². The van der Waals surface area contributed by atoms with Gasteiger partial charge in [0.1, 0.15) is 6.10 Å². The summed E-state index contributed by atoms with van der Waals surface area (Å²) in [6, 6.07) is -0.735. The maximum absolute atomic E-state index is 11.6. The molecule has 4 unspecified atom stereocenters. The smallest absolute Gasteiger partial charge is 0.391 e. The monoisotopic (exact) mass is 425 g/mol. The Hall–Kier alpha value is -0.323. The van der Waals surface area contributed by atoms with Gasteiger partial charge in [0.05, 0.1) is 18.8 Å². The fourth-order valence-corrected chi connectivity index (χ4v) is 9.55. The van der Waals surface area contributed by atoms with Gasteiger partial charge in [0.15, 0.2) is 6.29 Å². The lowest BCUT2D eigenvalue weighted by Gasteiger charge is -2.56. The first-order valence-electron chi connectivity index (χ1n) is 9.04. The molecule has 4 atom stereocenters. The molecule has 158 valence electrons. The van der Waals surface area contributed by atoms with Crippen LogP contribution in [0.3, 0.4) is 0 Å². The lowest BCUT2D eigenvalue weighted by molar-refractivity contribution is -0.228. The van der Waals surface area contributed by atoms with E-state index in [1.807, 2.05) is 0 Å². The van der Waals surface area contributed by atoms with Crippen LogP contribution in [0.4, 0.5) is 0 Å². The minimum absolute atomic E-state index is 0.209. The summed E-state index contributed by atoms with van der Waals surface area (Å²) in [6.45, 7) is 14.2. The third kappa shape index (κ3) is 5.00. The van der Waals surface area contributed by atoms with Gasteiger partial charge in [-0.1, -0.05) is 41.5 Å². The molecule has 0 aliphatic carbocycles. The van der Waals surface area contributed by atoms with E-state index < -0.39 is 34.8 Å². The van der Waals surface area contributed by atoms with Crippen LogP contribution < -0.4 is 5.32 Å². The second kappa shape index (κ2) is 7.49. The minimum Gasteiger partial charge on any atom is -0.391 e. The second-order valence-corrected chi connectivity index (χ2v) is 15.2. The highest BCUT2D eigenvalue weighted by Gasteiger charge is 2.63. The third-order valence-electron chi connectivity index (χ3n) is 4.91. The van der Waals surface area contributed by atoms with E-state index in [0.29, 0.717) is 6.42 Å². The number of ether oxygens (including phenoxy) is 1. The average molecular weight is 425 g/mol. The number of nitrogens with one attached hydrogen (secondary N) is 1. The fraction of sp³-hybridized carbons (Fsp3) is 0.938. The van der Waals surface area contributed by atoms with Gasteiger partial charge < -0.3 is 28.7 Å². The highest BCUT2D eigenvalue weighted by molar-refractivity contribution is 7.46. The van der Waals surface area contributed by atoms with Gasteiger partial charge in [0, 0.05) is 23.4 Å². The molecule has 0 spiro atoms. The summed E-state index contributed by atoms with van der Waals surface area (Å²) in [7, 11) is -7.51. The summed E-state index contributed by atoms with van der Waals surface area (Å²) in [6.07, 6.45) is -1.85. The number of phosphoric acid groups is 1. The van der Waals surface area contributed by atoms with E-state index in [4.69, 9.17) is 27.9 Å². The SMILES string of the molecule is CC(=O)NC1CC2O[Si](C(C)(C)C)(C(C)(C)C)OCC2OC1OP(=O)(O)O. The number of hydrogen-bond donors (Lipinski definition) is 3. The minimum atomic E-state index is -4.79. The zero-order chi connectivity index (χ0) is 20.8. The topological polar surface area (TPSA) is 124 Å². The number of carbonyl (C=O) groups excluding carboxylic acids is 1. The number of hydrogen-bond acceptors (Lipinski definition) is 6. The van der Waals surface area contributed by atoms with E-state index in [0.717, 1.165) is 0 Å². The first-order valence-corrected chi connectivity index (χ1v) is 12.4. The van der Waals surface area contributed by atoms with Gasteiger partial charge in [-0.3, -0.25) is 9.32 Å². The Balaban J connectivity index is 2.29. The molecule has 0 aromatic heterocycles. The number of amides is 1. The van der Waals surface area contributed by atoms with Crippen molar-refractivity contribution in [3.8, 4) is 0 Å². The van der Waals surface area contributed by atoms with Crippen LogP contribution in [0.2, 0.25) is 10.1 Å². The maximum atomic E-state index is 11.6. The van der Waals surface area contributed by atoms with Crippen LogP contribution in [0, 0.1) is 0 Å². The van der Waals surface area contributed by atoms with Gasteiger partial charge in [0.25, 0.3) is 0 Å². The van der Waals surface area contributed by atoms with E-state index in [9.17, 15) is 9.36 Å². The molecule has 11 heteroatoms. The summed E-state index contributed by atoms with van der Waals surface area (Å²) < 4.78 is 34.7. The normalized spacial score (nSPS) is 31.9. The lowest BCUT2D eigenvalue weighted by Crippen LogP contribution is -2.68. The Kier molecular flexibility index (Phi) is 6.37. The van der Waals surface area contributed by atoms with Crippen molar-refractivity contribution in [1.29, 1.82) is 0 Å². The fourth-order valence-electron chi connectivity index (χ4n) is 4.12. The summed E-state index contributed by atoms with van der Waals surface area (Å²) in [5, 5.41) is 2.24. The molecule has 9 nitrogen and oxygen atoms in total. The van der Waals surface area contributed by atoms with Crippen LogP contribution in [0.15, 0.2) is 0 Å². The molecule has 2 fully saturated rings. The molecule has 0 aromatic rings. The number of fused-ring (bicyclic) bond motifs is 1. The molecule has 0 bridgehead atoms. The Morgan fingerprint density at radius 1 is 1.15 bits per heavy atom. The summed E-state index contributed by atoms with van der Waals surface area (Å²) >= 11 is 0. The largest absolute Gasteiger partial charge is 0.472 e. The van der Waals surface area contributed by atoms with Crippen molar-refractivity contribution in [2.75, 3.05) is 6.61 Å². The molecule has 0 radical (unpaired) electrons. The van der Waals surface area contributed by atoms with Crippen LogP contribution in [0.25, 0.3) is 0 Å². The second-order valence-electron chi connectivity index (χ2n) is 9.27. The molecule has 2 aliphatic rings. The molecular weight excluding hydrogens is 393 g/mol. The Morgan fingerprint density at radius 2 is 1.70 bits per heavy atom. The van der Waals surface area contributed by atoms with E-state index >= 15 is 0 Å². The molecule has 27 heavy (non-hydrogen) atoms.